The molecule has 0 aliphatic carbocycles. The average molecular weight is 730 g/mol. The molecule has 0 saturated carbocycles. The smallest absolute Gasteiger partial charge is 0.161 e. The van der Waals surface area contributed by atoms with Gasteiger partial charge in [0.1, 0.15) is 0 Å². The Labute approximate surface area is 326 Å². The topological polar surface area (TPSA) is 30.7 Å². The van der Waals surface area contributed by atoms with Crippen molar-refractivity contribution in [1.29, 1.82) is 0 Å². The zero-order valence-corrected chi connectivity index (χ0v) is 31.0. The molecule has 0 atom stereocenters. The van der Waals surface area contributed by atoms with E-state index >= 15 is 0 Å². The molecule has 0 bridgehead atoms. The molecule has 0 radical (unpaired) electrons. The summed E-state index contributed by atoms with van der Waals surface area (Å²) in [6.07, 6.45) is 0. The summed E-state index contributed by atoms with van der Waals surface area (Å²) in [5.74, 6) is 0.733. The minimum Gasteiger partial charge on any atom is -0.309 e. The first kappa shape index (κ1) is 31.2. The lowest BCUT2D eigenvalue weighted by Crippen LogP contribution is -1.96. The van der Waals surface area contributed by atoms with Gasteiger partial charge in [0, 0.05) is 53.3 Å². The number of aromatic nitrogens is 3. The largest absolute Gasteiger partial charge is 0.309 e. The molecule has 9 aromatic carbocycles. The Morgan fingerprint density at radius 2 is 0.875 bits per heavy atom. The third-order valence-corrected chi connectivity index (χ3v) is 12.7. The van der Waals surface area contributed by atoms with Crippen molar-refractivity contribution in [3.8, 4) is 39.6 Å². The lowest BCUT2D eigenvalue weighted by molar-refractivity contribution is 1.19. The van der Waals surface area contributed by atoms with Crippen LogP contribution in [0.5, 0.6) is 0 Å². The monoisotopic (exact) mass is 729 g/mol. The first-order chi connectivity index (χ1) is 27.8. The van der Waals surface area contributed by atoms with Crippen molar-refractivity contribution in [3.05, 3.63) is 188 Å². The maximum absolute atomic E-state index is 5.23. The highest BCUT2D eigenvalue weighted by Crippen LogP contribution is 2.46. The number of hydrogen-bond donors (Lipinski definition) is 0. The number of fused-ring (bicyclic) bond motifs is 13. The van der Waals surface area contributed by atoms with Gasteiger partial charge in [0.15, 0.2) is 5.82 Å². The van der Waals surface area contributed by atoms with Gasteiger partial charge >= 0.3 is 0 Å². The fraction of sp³-hybridized carbons (Fsp3) is 0. The van der Waals surface area contributed by atoms with Crippen LogP contribution in [0.4, 0.5) is 0 Å². The Morgan fingerprint density at radius 1 is 0.357 bits per heavy atom. The summed E-state index contributed by atoms with van der Waals surface area (Å²) in [5.41, 5.74) is 8.56. The van der Waals surface area contributed by atoms with E-state index in [1.165, 1.54) is 74.3 Å². The Bertz CT molecular complexity index is 3430. The molecular formula is C52H31N3S. The summed E-state index contributed by atoms with van der Waals surface area (Å²) < 4.78 is 4.93. The SMILES string of the molecule is c1ccc(-c2cc(-c3ccccc3)nc(-c3cccc4c3sc3c4ccc4c3c3ccccc3n4-c3ccc4c5ccccc5c5ccccc5c4c3)n2)cc1. The minimum atomic E-state index is 0.733. The summed E-state index contributed by atoms with van der Waals surface area (Å²) in [6.45, 7) is 0. The number of rotatable bonds is 4. The van der Waals surface area contributed by atoms with Gasteiger partial charge in [-0.3, -0.25) is 0 Å². The molecule has 0 spiro atoms. The van der Waals surface area contributed by atoms with E-state index in [0.29, 0.717) is 0 Å². The molecule has 12 rings (SSSR count). The molecule has 4 heteroatoms. The van der Waals surface area contributed by atoms with Crippen molar-refractivity contribution in [1.82, 2.24) is 14.5 Å². The van der Waals surface area contributed by atoms with Crippen molar-refractivity contribution in [2.45, 2.75) is 0 Å². The summed E-state index contributed by atoms with van der Waals surface area (Å²) in [4.78, 5) is 10.5. The van der Waals surface area contributed by atoms with Crippen LogP contribution in [0.25, 0.3) is 114 Å². The summed E-state index contributed by atoms with van der Waals surface area (Å²) >= 11 is 1.85. The molecule has 0 fully saturated rings. The molecule has 12 aromatic rings. The Kier molecular flexibility index (Phi) is 6.80. The van der Waals surface area contributed by atoms with E-state index in [0.717, 1.165) is 39.6 Å². The molecule has 260 valence electrons. The third-order valence-electron chi connectivity index (χ3n) is 11.4. The van der Waals surface area contributed by atoms with Gasteiger partial charge in [-0.1, -0.05) is 152 Å². The quantitative estimate of drug-likeness (QED) is 0.169. The van der Waals surface area contributed by atoms with Crippen LogP contribution in [0.1, 0.15) is 0 Å². The summed E-state index contributed by atoms with van der Waals surface area (Å²) in [5, 5.41) is 12.7. The molecule has 0 aliphatic rings. The lowest BCUT2D eigenvalue weighted by atomic mass is 9.94. The van der Waals surface area contributed by atoms with Crippen LogP contribution < -0.4 is 0 Å². The zero-order chi connectivity index (χ0) is 36.7. The molecule has 3 nitrogen and oxygen atoms in total. The van der Waals surface area contributed by atoms with Gasteiger partial charge in [-0.2, -0.15) is 0 Å². The number of nitrogens with zero attached hydrogens (tertiary/aromatic N) is 3. The average Bonchev–Trinajstić information content (AvgIpc) is 3.83. The van der Waals surface area contributed by atoms with Crippen LogP contribution >= 0.6 is 11.3 Å². The molecule has 0 aliphatic heterocycles. The fourth-order valence-corrected chi connectivity index (χ4v) is 10.2. The first-order valence-corrected chi connectivity index (χ1v) is 19.8. The minimum absolute atomic E-state index is 0.733. The Hall–Kier alpha value is -7.14. The molecule has 0 amide bonds. The highest BCUT2D eigenvalue weighted by atomic mass is 32.1. The third kappa shape index (κ3) is 4.63. The molecule has 3 heterocycles. The van der Waals surface area contributed by atoms with Gasteiger partial charge in [0.2, 0.25) is 0 Å². The number of para-hydroxylation sites is 1. The zero-order valence-electron chi connectivity index (χ0n) is 30.1. The van der Waals surface area contributed by atoms with Gasteiger partial charge in [0.25, 0.3) is 0 Å². The normalized spacial score (nSPS) is 11.9. The van der Waals surface area contributed by atoms with Crippen molar-refractivity contribution >= 4 is 85.6 Å². The second-order valence-corrected chi connectivity index (χ2v) is 15.5. The van der Waals surface area contributed by atoms with E-state index in [2.05, 4.69) is 180 Å². The van der Waals surface area contributed by atoms with Crippen molar-refractivity contribution in [3.63, 3.8) is 0 Å². The fourth-order valence-electron chi connectivity index (χ4n) is 8.88. The van der Waals surface area contributed by atoms with Crippen LogP contribution in [0.3, 0.4) is 0 Å². The first-order valence-electron chi connectivity index (χ1n) is 19.0. The Balaban J connectivity index is 1.11. The molecule has 56 heavy (non-hydrogen) atoms. The van der Waals surface area contributed by atoms with E-state index < -0.39 is 0 Å². The van der Waals surface area contributed by atoms with Gasteiger partial charge in [-0.15, -0.1) is 11.3 Å². The number of thiophene rings is 1. The van der Waals surface area contributed by atoms with Gasteiger partial charge in [-0.05, 0) is 68.7 Å². The van der Waals surface area contributed by atoms with Crippen molar-refractivity contribution < 1.29 is 0 Å². The van der Waals surface area contributed by atoms with Crippen LogP contribution in [0.15, 0.2) is 188 Å². The molecule has 0 saturated heterocycles. The molecule has 0 N–H and O–H groups in total. The maximum Gasteiger partial charge on any atom is 0.161 e. The van der Waals surface area contributed by atoms with Crippen LogP contribution in [-0.2, 0) is 0 Å². The van der Waals surface area contributed by atoms with E-state index in [1.54, 1.807) is 0 Å². The number of hydrogen-bond acceptors (Lipinski definition) is 3. The summed E-state index contributed by atoms with van der Waals surface area (Å²) in [6, 6.07) is 67.6. The predicted octanol–water partition coefficient (Wildman–Crippen LogP) is 14.4. The number of benzene rings is 9. The van der Waals surface area contributed by atoms with E-state index in [4.69, 9.17) is 9.97 Å². The highest BCUT2D eigenvalue weighted by molar-refractivity contribution is 7.27. The van der Waals surface area contributed by atoms with Crippen molar-refractivity contribution in [2.75, 3.05) is 0 Å². The lowest BCUT2D eigenvalue weighted by Gasteiger charge is -2.13. The highest BCUT2D eigenvalue weighted by Gasteiger charge is 2.21. The van der Waals surface area contributed by atoms with Crippen molar-refractivity contribution in [2.24, 2.45) is 0 Å². The molecule has 3 aromatic heterocycles. The molecular weight excluding hydrogens is 699 g/mol. The van der Waals surface area contributed by atoms with E-state index in [1.807, 2.05) is 23.5 Å². The van der Waals surface area contributed by atoms with Crippen LogP contribution in [0.2, 0.25) is 0 Å². The van der Waals surface area contributed by atoms with Crippen LogP contribution in [0, 0.1) is 0 Å². The summed E-state index contributed by atoms with van der Waals surface area (Å²) in [7, 11) is 0. The van der Waals surface area contributed by atoms with E-state index in [9.17, 15) is 0 Å². The second-order valence-electron chi connectivity index (χ2n) is 14.5. The molecule has 0 unspecified atom stereocenters. The van der Waals surface area contributed by atoms with Gasteiger partial charge in [0.05, 0.1) is 22.4 Å². The Morgan fingerprint density at radius 3 is 1.54 bits per heavy atom. The van der Waals surface area contributed by atoms with Gasteiger partial charge in [-0.25, -0.2) is 9.97 Å². The second kappa shape index (κ2) is 12.2. The standard InChI is InChI=1S/C52H31N3S/c1-3-14-32(15-4-1)45-31-46(33-16-5-2-6-17-33)54-52(53-45)43-24-13-23-40-41-28-29-48-49(51(41)56-50(40)43)42-22-11-12-25-47(42)55(48)34-26-27-39-37-20-8-7-18-35(37)36-19-9-10-21-38(36)44(39)30-34/h1-31H. The van der Waals surface area contributed by atoms with E-state index in [-0.39, 0.29) is 0 Å². The predicted molar refractivity (Wildman–Crippen MR) is 238 cm³/mol. The van der Waals surface area contributed by atoms with Gasteiger partial charge < -0.3 is 4.57 Å². The maximum atomic E-state index is 5.23. The van der Waals surface area contributed by atoms with Crippen LogP contribution in [-0.4, -0.2) is 14.5 Å².